The van der Waals surface area contributed by atoms with Crippen LogP contribution in [0.3, 0.4) is 0 Å². The molecular formula is C23H27FN2O2. The average molecular weight is 382 g/mol. The Morgan fingerprint density at radius 2 is 1.79 bits per heavy atom. The van der Waals surface area contributed by atoms with Gasteiger partial charge in [-0.3, -0.25) is 4.90 Å². The molecule has 1 unspecified atom stereocenters. The summed E-state index contributed by atoms with van der Waals surface area (Å²) in [4.78, 5) is 16.2. The van der Waals surface area contributed by atoms with E-state index in [4.69, 9.17) is 0 Å². The standard InChI is InChI=1S/C23H27FN2O2/c1-23(2,26(22(27)28)21-15-25-12-10-17(21)11-13-25)19-14-18(8-9-20(19)24)16-6-4-3-5-7-16/h3-9,14,17,21H,10-13,15H2,1-2H3,(H,27,28). The van der Waals surface area contributed by atoms with E-state index in [2.05, 4.69) is 4.90 Å². The summed E-state index contributed by atoms with van der Waals surface area (Å²) in [6.07, 6.45) is 1.04. The van der Waals surface area contributed by atoms with Gasteiger partial charge in [-0.25, -0.2) is 9.18 Å². The average Bonchev–Trinajstić information content (AvgIpc) is 2.69. The smallest absolute Gasteiger partial charge is 0.408 e. The van der Waals surface area contributed by atoms with Crippen LogP contribution >= 0.6 is 0 Å². The Balaban J connectivity index is 1.74. The molecule has 1 N–H and O–H groups in total. The number of amides is 1. The van der Waals surface area contributed by atoms with Gasteiger partial charge in [-0.05, 0) is 69.0 Å². The van der Waals surface area contributed by atoms with Crippen LogP contribution in [0.1, 0.15) is 32.3 Å². The molecule has 3 fully saturated rings. The van der Waals surface area contributed by atoms with Crippen LogP contribution in [-0.2, 0) is 5.54 Å². The number of nitrogens with zero attached hydrogens (tertiary/aromatic N) is 2. The fraction of sp³-hybridized carbons (Fsp3) is 0.435. The zero-order valence-electron chi connectivity index (χ0n) is 16.4. The Bertz CT molecular complexity index is 860. The lowest BCUT2D eigenvalue weighted by molar-refractivity contribution is -0.0297. The first-order chi connectivity index (χ1) is 13.4. The highest BCUT2D eigenvalue weighted by atomic mass is 19.1. The molecule has 2 aromatic carbocycles. The normalized spacial score (nSPS) is 24.2. The quantitative estimate of drug-likeness (QED) is 0.826. The molecule has 3 aliphatic heterocycles. The molecule has 3 heterocycles. The van der Waals surface area contributed by atoms with Gasteiger partial charge >= 0.3 is 6.09 Å². The first-order valence-corrected chi connectivity index (χ1v) is 9.98. The van der Waals surface area contributed by atoms with Crippen molar-refractivity contribution in [1.82, 2.24) is 9.80 Å². The summed E-state index contributed by atoms with van der Waals surface area (Å²) in [5.41, 5.74) is 1.34. The predicted octanol–water partition coefficient (Wildman–Crippen LogP) is 4.80. The van der Waals surface area contributed by atoms with Crippen LogP contribution in [0, 0.1) is 11.7 Å². The molecule has 4 nitrogen and oxygen atoms in total. The van der Waals surface area contributed by atoms with E-state index < -0.39 is 11.6 Å². The van der Waals surface area contributed by atoms with Crippen molar-refractivity contribution < 1.29 is 14.3 Å². The van der Waals surface area contributed by atoms with Gasteiger partial charge in [0, 0.05) is 12.1 Å². The second-order valence-electron chi connectivity index (χ2n) is 8.48. The van der Waals surface area contributed by atoms with E-state index in [1.54, 1.807) is 6.07 Å². The second-order valence-corrected chi connectivity index (χ2v) is 8.48. The van der Waals surface area contributed by atoms with Crippen molar-refractivity contribution in [3.05, 3.63) is 59.9 Å². The fourth-order valence-electron chi connectivity index (χ4n) is 4.96. The largest absolute Gasteiger partial charge is 0.465 e. The molecule has 0 spiro atoms. The molecular weight excluding hydrogens is 355 g/mol. The summed E-state index contributed by atoms with van der Waals surface area (Å²) in [7, 11) is 0. The highest BCUT2D eigenvalue weighted by Crippen LogP contribution is 2.40. The Hall–Kier alpha value is -2.40. The van der Waals surface area contributed by atoms with Crippen LogP contribution in [0.25, 0.3) is 11.1 Å². The van der Waals surface area contributed by atoms with Gasteiger partial charge in [0.1, 0.15) is 5.82 Å². The molecule has 5 rings (SSSR count). The second kappa shape index (κ2) is 7.21. The van der Waals surface area contributed by atoms with Crippen molar-refractivity contribution in [2.45, 2.75) is 38.3 Å². The summed E-state index contributed by atoms with van der Waals surface area (Å²) in [6.45, 7) is 6.46. The van der Waals surface area contributed by atoms with Crippen molar-refractivity contribution >= 4 is 6.09 Å². The van der Waals surface area contributed by atoms with E-state index in [1.807, 2.05) is 50.2 Å². The van der Waals surface area contributed by atoms with Gasteiger partial charge in [0.2, 0.25) is 0 Å². The lowest BCUT2D eigenvalue weighted by Gasteiger charge is -2.52. The van der Waals surface area contributed by atoms with Crippen LogP contribution in [0.4, 0.5) is 9.18 Å². The van der Waals surface area contributed by atoms with Crippen molar-refractivity contribution in [1.29, 1.82) is 0 Å². The van der Waals surface area contributed by atoms with Crippen LogP contribution in [0.15, 0.2) is 48.5 Å². The third-order valence-electron chi connectivity index (χ3n) is 6.49. The first kappa shape index (κ1) is 18.9. The minimum Gasteiger partial charge on any atom is -0.465 e. The predicted molar refractivity (Wildman–Crippen MR) is 108 cm³/mol. The van der Waals surface area contributed by atoms with Crippen molar-refractivity contribution in [3.63, 3.8) is 0 Å². The number of piperidine rings is 3. The van der Waals surface area contributed by atoms with Gasteiger partial charge in [0.25, 0.3) is 0 Å². The van der Waals surface area contributed by atoms with E-state index >= 15 is 0 Å². The molecule has 28 heavy (non-hydrogen) atoms. The maximum Gasteiger partial charge on any atom is 0.408 e. The summed E-state index contributed by atoms with van der Waals surface area (Å²) < 4.78 is 14.9. The number of carbonyl (C=O) groups is 1. The summed E-state index contributed by atoms with van der Waals surface area (Å²) in [6, 6.07) is 14.7. The number of hydrogen-bond acceptors (Lipinski definition) is 2. The number of hydrogen-bond donors (Lipinski definition) is 1. The molecule has 1 amide bonds. The Morgan fingerprint density at radius 3 is 2.36 bits per heavy atom. The van der Waals surface area contributed by atoms with E-state index in [1.165, 1.54) is 11.0 Å². The highest BCUT2D eigenvalue weighted by molar-refractivity contribution is 5.69. The number of halogens is 1. The minimum atomic E-state index is -0.978. The van der Waals surface area contributed by atoms with Gasteiger partial charge in [0.05, 0.1) is 11.6 Å². The van der Waals surface area contributed by atoms with Crippen molar-refractivity contribution in [2.75, 3.05) is 19.6 Å². The third-order valence-corrected chi connectivity index (χ3v) is 6.49. The molecule has 148 valence electrons. The number of rotatable bonds is 4. The molecule has 1 atom stereocenters. The monoisotopic (exact) mass is 382 g/mol. The number of fused-ring (bicyclic) bond motifs is 3. The molecule has 0 aliphatic carbocycles. The molecule has 2 bridgehead atoms. The van der Waals surface area contributed by atoms with E-state index in [0.717, 1.165) is 43.6 Å². The Morgan fingerprint density at radius 1 is 1.11 bits per heavy atom. The summed E-state index contributed by atoms with van der Waals surface area (Å²) in [5, 5.41) is 10.1. The van der Waals surface area contributed by atoms with Gasteiger partial charge in [0.15, 0.2) is 0 Å². The van der Waals surface area contributed by atoms with Crippen molar-refractivity contribution in [3.8, 4) is 11.1 Å². The summed E-state index contributed by atoms with van der Waals surface area (Å²) >= 11 is 0. The third kappa shape index (κ3) is 3.28. The van der Waals surface area contributed by atoms with E-state index in [-0.39, 0.29) is 11.9 Å². The van der Waals surface area contributed by atoms with Crippen LogP contribution in [-0.4, -0.2) is 46.7 Å². The topological polar surface area (TPSA) is 43.8 Å². The van der Waals surface area contributed by atoms with Gasteiger partial charge in [-0.1, -0.05) is 36.4 Å². The molecule has 3 aliphatic rings. The zero-order valence-corrected chi connectivity index (χ0v) is 16.4. The van der Waals surface area contributed by atoms with Gasteiger partial charge < -0.3 is 10.0 Å². The molecule has 0 saturated carbocycles. The SMILES string of the molecule is CC(C)(c1cc(-c2ccccc2)ccc1F)N(C(=O)O)C1CN2CCC1CC2. The summed E-state index contributed by atoms with van der Waals surface area (Å²) in [5.74, 6) is -0.0158. The Kier molecular flexibility index (Phi) is 4.88. The molecule has 5 heteroatoms. The fourth-order valence-corrected chi connectivity index (χ4v) is 4.96. The molecule has 0 aromatic heterocycles. The molecule has 2 aromatic rings. The van der Waals surface area contributed by atoms with Crippen LogP contribution in [0.5, 0.6) is 0 Å². The van der Waals surface area contributed by atoms with Crippen molar-refractivity contribution in [2.24, 2.45) is 5.92 Å². The first-order valence-electron chi connectivity index (χ1n) is 9.98. The lowest BCUT2D eigenvalue weighted by Crippen LogP contribution is -2.62. The molecule has 0 radical (unpaired) electrons. The maximum absolute atomic E-state index is 14.9. The lowest BCUT2D eigenvalue weighted by atomic mass is 9.79. The van der Waals surface area contributed by atoms with Gasteiger partial charge in [-0.15, -0.1) is 0 Å². The van der Waals surface area contributed by atoms with Gasteiger partial charge in [-0.2, -0.15) is 0 Å². The van der Waals surface area contributed by atoms with E-state index in [0.29, 0.717) is 11.5 Å². The highest BCUT2D eigenvalue weighted by Gasteiger charge is 2.46. The maximum atomic E-state index is 14.9. The number of benzene rings is 2. The number of carboxylic acid groups (broad SMARTS) is 1. The van der Waals surface area contributed by atoms with Crippen LogP contribution < -0.4 is 0 Å². The van der Waals surface area contributed by atoms with Crippen LogP contribution in [0.2, 0.25) is 0 Å². The minimum absolute atomic E-state index is 0.102. The Labute approximate surface area is 165 Å². The molecule has 3 saturated heterocycles. The van der Waals surface area contributed by atoms with E-state index in [9.17, 15) is 14.3 Å². The zero-order chi connectivity index (χ0) is 19.9.